The van der Waals surface area contributed by atoms with E-state index in [0.29, 0.717) is 24.2 Å². The van der Waals surface area contributed by atoms with Crippen molar-refractivity contribution in [3.8, 4) is 6.07 Å². The van der Waals surface area contributed by atoms with Crippen molar-refractivity contribution >= 4 is 5.97 Å². The van der Waals surface area contributed by atoms with E-state index in [1.165, 1.54) is 12.1 Å². The van der Waals surface area contributed by atoms with Crippen LogP contribution in [-0.2, 0) is 11.3 Å². The number of carboxylic acids is 1. The second-order valence-electron chi connectivity index (χ2n) is 5.26. The molecule has 1 N–H and O–H groups in total. The van der Waals surface area contributed by atoms with Gasteiger partial charge >= 0.3 is 5.97 Å². The molecule has 0 amide bonds. The van der Waals surface area contributed by atoms with Gasteiger partial charge < -0.3 is 5.11 Å². The summed E-state index contributed by atoms with van der Waals surface area (Å²) in [4.78, 5) is 12.8. The third-order valence-electron chi connectivity index (χ3n) is 3.64. The summed E-state index contributed by atoms with van der Waals surface area (Å²) in [5.74, 6) is -0.970. The van der Waals surface area contributed by atoms with Crippen molar-refractivity contribution in [1.29, 1.82) is 5.26 Å². The summed E-state index contributed by atoms with van der Waals surface area (Å²) in [7, 11) is 0. The second-order valence-corrected chi connectivity index (χ2v) is 5.26. The maximum atomic E-state index is 13.7. The number of rotatable bonds is 4. The van der Waals surface area contributed by atoms with E-state index in [1.807, 2.05) is 6.07 Å². The van der Waals surface area contributed by atoms with Crippen molar-refractivity contribution in [2.75, 3.05) is 13.1 Å². The number of carboxylic acid groups (broad SMARTS) is 1. The summed E-state index contributed by atoms with van der Waals surface area (Å²) < 4.78 is 13.7. The summed E-state index contributed by atoms with van der Waals surface area (Å²) in [6, 6.07) is 6.34. The van der Waals surface area contributed by atoms with E-state index in [0.717, 1.165) is 19.4 Å². The average Bonchev–Trinajstić information content (AvgIpc) is 2.41. The molecule has 1 unspecified atom stereocenters. The third-order valence-corrected chi connectivity index (χ3v) is 3.64. The lowest BCUT2D eigenvalue weighted by atomic mass is 9.94. The Morgan fingerprint density at radius 3 is 3.05 bits per heavy atom. The van der Waals surface area contributed by atoms with Crippen LogP contribution in [0.3, 0.4) is 0 Å². The van der Waals surface area contributed by atoms with Gasteiger partial charge in [0.2, 0.25) is 0 Å². The van der Waals surface area contributed by atoms with Crippen molar-refractivity contribution in [3.63, 3.8) is 0 Å². The van der Waals surface area contributed by atoms with Crippen LogP contribution in [0.2, 0.25) is 0 Å². The van der Waals surface area contributed by atoms with Crippen LogP contribution in [0.15, 0.2) is 18.2 Å². The van der Waals surface area contributed by atoms with E-state index >= 15 is 0 Å². The molecule has 1 aliphatic rings. The number of hydrogen-bond acceptors (Lipinski definition) is 3. The Morgan fingerprint density at radius 2 is 2.35 bits per heavy atom. The SMILES string of the molecule is N#Cc1ccc(F)c(CN2CCCC(CC(=O)O)C2)c1. The van der Waals surface area contributed by atoms with Crippen molar-refractivity contribution in [1.82, 2.24) is 4.90 Å². The van der Waals surface area contributed by atoms with E-state index in [2.05, 4.69) is 4.90 Å². The number of hydrogen-bond donors (Lipinski definition) is 1. The lowest BCUT2D eigenvalue weighted by molar-refractivity contribution is -0.138. The zero-order valence-electron chi connectivity index (χ0n) is 11.2. The first-order chi connectivity index (χ1) is 9.58. The first kappa shape index (κ1) is 14.5. The molecule has 1 aliphatic heterocycles. The van der Waals surface area contributed by atoms with Crippen LogP contribution in [0.25, 0.3) is 0 Å². The average molecular weight is 276 g/mol. The number of aliphatic carboxylic acids is 1. The molecule has 106 valence electrons. The van der Waals surface area contributed by atoms with Crippen LogP contribution >= 0.6 is 0 Å². The highest BCUT2D eigenvalue weighted by Gasteiger charge is 2.22. The largest absolute Gasteiger partial charge is 0.481 e. The molecule has 4 nitrogen and oxygen atoms in total. The smallest absolute Gasteiger partial charge is 0.303 e. The van der Waals surface area contributed by atoms with Gasteiger partial charge in [0.15, 0.2) is 0 Å². The number of piperidine rings is 1. The molecule has 1 heterocycles. The van der Waals surface area contributed by atoms with Crippen LogP contribution in [-0.4, -0.2) is 29.1 Å². The molecule has 0 aromatic heterocycles. The Bertz CT molecular complexity index is 539. The van der Waals surface area contributed by atoms with Gasteiger partial charge in [0.05, 0.1) is 11.6 Å². The van der Waals surface area contributed by atoms with Crippen LogP contribution in [0, 0.1) is 23.1 Å². The molecule has 1 fully saturated rings. The van der Waals surface area contributed by atoms with Crippen LogP contribution < -0.4 is 0 Å². The van der Waals surface area contributed by atoms with Gasteiger partial charge in [-0.3, -0.25) is 9.69 Å². The number of benzene rings is 1. The van der Waals surface area contributed by atoms with Gasteiger partial charge in [0.25, 0.3) is 0 Å². The standard InChI is InChI=1S/C15H17FN2O2/c16-14-4-3-11(8-17)6-13(14)10-18-5-1-2-12(9-18)7-15(19)20/h3-4,6,12H,1-2,5,7,9-10H2,(H,19,20). The van der Waals surface area contributed by atoms with Gasteiger partial charge in [-0.1, -0.05) is 0 Å². The topological polar surface area (TPSA) is 64.3 Å². The molecule has 2 rings (SSSR count). The second kappa shape index (κ2) is 6.49. The maximum absolute atomic E-state index is 13.7. The van der Waals surface area contributed by atoms with Gasteiger partial charge in [-0.25, -0.2) is 4.39 Å². The van der Waals surface area contributed by atoms with Gasteiger partial charge in [-0.15, -0.1) is 0 Å². The van der Waals surface area contributed by atoms with Crippen molar-refractivity contribution < 1.29 is 14.3 Å². The minimum atomic E-state index is -0.783. The molecule has 1 atom stereocenters. The Morgan fingerprint density at radius 1 is 1.55 bits per heavy atom. The molecule has 0 aliphatic carbocycles. The highest BCUT2D eigenvalue weighted by molar-refractivity contribution is 5.67. The Kier molecular flexibility index (Phi) is 4.70. The van der Waals surface area contributed by atoms with Crippen molar-refractivity contribution in [3.05, 3.63) is 35.1 Å². The fourth-order valence-corrected chi connectivity index (χ4v) is 2.71. The minimum Gasteiger partial charge on any atom is -0.481 e. The Labute approximate surface area is 117 Å². The molecule has 20 heavy (non-hydrogen) atoms. The first-order valence-corrected chi connectivity index (χ1v) is 6.71. The van der Waals surface area contributed by atoms with E-state index < -0.39 is 5.97 Å². The molecule has 0 radical (unpaired) electrons. The predicted molar refractivity (Wildman–Crippen MR) is 71.4 cm³/mol. The van der Waals surface area contributed by atoms with Gasteiger partial charge in [-0.2, -0.15) is 5.26 Å². The number of nitrogens with zero attached hydrogens (tertiary/aromatic N) is 2. The summed E-state index contributed by atoms with van der Waals surface area (Å²) in [5, 5.41) is 17.7. The van der Waals surface area contributed by atoms with Gasteiger partial charge in [-0.05, 0) is 43.5 Å². The summed E-state index contributed by atoms with van der Waals surface area (Å²) >= 11 is 0. The Balaban J connectivity index is 2.02. The normalized spacial score (nSPS) is 19.5. The zero-order valence-corrected chi connectivity index (χ0v) is 11.2. The van der Waals surface area contributed by atoms with E-state index in [-0.39, 0.29) is 18.2 Å². The number of carbonyl (C=O) groups is 1. The predicted octanol–water partition coefficient (Wildman–Crippen LogP) is 2.38. The minimum absolute atomic E-state index is 0.128. The molecule has 5 heteroatoms. The molecule has 0 bridgehead atoms. The van der Waals surface area contributed by atoms with Crippen molar-refractivity contribution in [2.24, 2.45) is 5.92 Å². The first-order valence-electron chi connectivity index (χ1n) is 6.71. The molecule has 0 spiro atoms. The van der Waals surface area contributed by atoms with Gasteiger partial charge in [0.1, 0.15) is 5.82 Å². The molecular weight excluding hydrogens is 259 g/mol. The highest BCUT2D eigenvalue weighted by Crippen LogP contribution is 2.22. The lowest BCUT2D eigenvalue weighted by Gasteiger charge is -2.32. The quantitative estimate of drug-likeness (QED) is 0.917. The third kappa shape index (κ3) is 3.78. The van der Waals surface area contributed by atoms with Gasteiger partial charge in [0, 0.05) is 25.1 Å². The number of halogens is 1. The number of likely N-dealkylation sites (tertiary alicyclic amines) is 1. The van der Waals surface area contributed by atoms with Crippen molar-refractivity contribution in [2.45, 2.75) is 25.8 Å². The molecule has 1 aromatic rings. The molecule has 1 saturated heterocycles. The monoisotopic (exact) mass is 276 g/mol. The fraction of sp³-hybridized carbons (Fsp3) is 0.467. The Hall–Kier alpha value is -1.93. The lowest BCUT2D eigenvalue weighted by Crippen LogP contribution is -2.36. The zero-order chi connectivity index (χ0) is 14.5. The molecular formula is C15H17FN2O2. The van der Waals surface area contributed by atoms with Crippen LogP contribution in [0.5, 0.6) is 0 Å². The fourth-order valence-electron chi connectivity index (χ4n) is 2.71. The van der Waals surface area contributed by atoms with E-state index in [4.69, 9.17) is 10.4 Å². The molecule has 1 aromatic carbocycles. The number of nitriles is 1. The maximum Gasteiger partial charge on any atom is 0.303 e. The summed E-state index contributed by atoms with van der Waals surface area (Å²) in [5.41, 5.74) is 0.945. The molecule has 0 saturated carbocycles. The van der Waals surface area contributed by atoms with Crippen LogP contribution in [0.1, 0.15) is 30.4 Å². The summed E-state index contributed by atoms with van der Waals surface area (Å²) in [6.07, 6.45) is 2.00. The van der Waals surface area contributed by atoms with E-state index in [9.17, 15) is 9.18 Å². The highest BCUT2D eigenvalue weighted by atomic mass is 19.1. The van der Waals surface area contributed by atoms with Crippen LogP contribution in [0.4, 0.5) is 4.39 Å². The summed E-state index contributed by atoms with van der Waals surface area (Å²) in [6.45, 7) is 1.94. The van der Waals surface area contributed by atoms with E-state index in [1.54, 1.807) is 6.07 Å².